The van der Waals surface area contributed by atoms with Crippen LogP contribution >= 0.6 is 11.6 Å². The van der Waals surface area contributed by atoms with Crippen LogP contribution in [0.3, 0.4) is 0 Å². The Hall–Kier alpha value is -1.02. The van der Waals surface area contributed by atoms with Gasteiger partial charge in [-0.1, -0.05) is 25.5 Å². The second-order valence-electron chi connectivity index (χ2n) is 5.27. The quantitative estimate of drug-likeness (QED) is 0.780. The molecule has 1 aliphatic rings. The summed E-state index contributed by atoms with van der Waals surface area (Å²) >= 11 is 5.77. The van der Waals surface area contributed by atoms with E-state index in [0.29, 0.717) is 16.9 Å². The second-order valence-corrected chi connectivity index (χ2v) is 5.53. The predicted molar refractivity (Wildman–Crippen MR) is 74.9 cm³/mol. The lowest BCUT2D eigenvalue weighted by Gasteiger charge is -2.15. The van der Waals surface area contributed by atoms with E-state index >= 15 is 0 Å². The molecule has 1 aliphatic carbocycles. The van der Waals surface area contributed by atoms with E-state index in [1.807, 2.05) is 24.3 Å². The first-order valence-electron chi connectivity index (χ1n) is 6.62. The van der Waals surface area contributed by atoms with Crippen molar-refractivity contribution in [3.63, 3.8) is 0 Å². The van der Waals surface area contributed by atoms with Gasteiger partial charge in [-0.2, -0.15) is 0 Å². The SMILES string of the molecule is CCCC1(CNC(=O)c2cccc(CCl)c2)CC1. The average molecular weight is 266 g/mol. The molecular formula is C15H20ClNO. The van der Waals surface area contributed by atoms with E-state index in [2.05, 4.69) is 12.2 Å². The van der Waals surface area contributed by atoms with Crippen molar-refractivity contribution in [3.8, 4) is 0 Å². The Balaban J connectivity index is 1.91. The maximum atomic E-state index is 12.0. The summed E-state index contributed by atoms with van der Waals surface area (Å²) < 4.78 is 0. The number of carbonyl (C=O) groups excluding carboxylic acids is 1. The first kappa shape index (κ1) is 13.4. The van der Waals surface area contributed by atoms with Crippen molar-refractivity contribution in [2.24, 2.45) is 5.41 Å². The fraction of sp³-hybridized carbons (Fsp3) is 0.533. The molecule has 3 heteroatoms. The molecule has 18 heavy (non-hydrogen) atoms. The summed E-state index contributed by atoms with van der Waals surface area (Å²) in [5.41, 5.74) is 2.09. The first-order valence-corrected chi connectivity index (χ1v) is 7.16. The van der Waals surface area contributed by atoms with Gasteiger partial charge in [0.2, 0.25) is 0 Å². The Morgan fingerprint density at radius 1 is 1.44 bits per heavy atom. The third-order valence-electron chi connectivity index (χ3n) is 3.70. The van der Waals surface area contributed by atoms with E-state index in [1.54, 1.807) is 0 Å². The molecule has 1 aromatic rings. The monoisotopic (exact) mass is 265 g/mol. The maximum Gasteiger partial charge on any atom is 0.251 e. The van der Waals surface area contributed by atoms with Gasteiger partial charge in [0.05, 0.1) is 0 Å². The van der Waals surface area contributed by atoms with Crippen LogP contribution in [0.2, 0.25) is 0 Å². The molecule has 2 nitrogen and oxygen atoms in total. The van der Waals surface area contributed by atoms with E-state index < -0.39 is 0 Å². The molecule has 98 valence electrons. The molecule has 0 aliphatic heterocycles. The average Bonchev–Trinajstić information content (AvgIpc) is 3.17. The van der Waals surface area contributed by atoms with Crippen LogP contribution in [-0.4, -0.2) is 12.5 Å². The lowest BCUT2D eigenvalue weighted by molar-refractivity contribution is 0.0943. The molecule has 0 saturated heterocycles. The Bertz CT molecular complexity index is 426. The van der Waals surface area contributed by atoms with Crippen molar-refractivity contribution < 1.29 is 4.79 Å². The normalized spacial score (nSPS) is 16.3. The minimum Gasteiger partial charge on any atom is -0.351 e. The summed E-state index contributed by atoms with van der Waals surface area (Å²) in [5, 5.41) is 3.06. The highest BCUT2D eigenvalue weighted by atomic mass is 35.5. The number of halogens is 1. The topological polar surface area (TPSA) is 29.1 Å². The summed E-state index contributed by atoms with van der Waals surface area (Å²) in [4.78, 5) is 12.0. The van der Waals surface area contributed by atoms with Gasteiger partial charge < -0.3 is 5.32 Å². The molecular weight excluding hydrogens is 246 g/mol. The molecule has 1 aromatic carbocycles. The number of amides is 1. The van der Waals surface area contributed by atoms with E-state index in [1.165, 1.54) is 25.7 Å². The van der Waals surface area contributed by atoms with E-state index in [9.17, 15) is 4.79 Å². The molecule has 0 radical (unpaired) electrons. The van der Waals surface area contributed by atoms with Crippen molar-refractivity contribution in [1.82, 2.24) is 5.32 Å². The van der Waals surface area contributed by atoms with Crippen molar-refractivity contribution in [2.45, 2.75) is 38.5 Å². The van der Waals surface area contributed by atoms with Crippen LogP contribution in [0.4, 0.5) is 0 Å². The zero-order valence-corrected chi connectivity index (χ0v) is 11.6. The van der Waals surface area contributed by atoms with Gasteiger partial charge in [-0.05, 0) is 42.4 Å². The van der Waals surface area contributed by atoms with Crippen molar-refractivity contribution in [1.29, 1.82) is 0 Å². The summed E-state index contributed by atoms with van der Waals surface area (Å²) in [7, 11) is 0. The Labute approximate surface area is 114 Å². The van der Waals surface area contributed by atoms with E-state index in [0.717, 1.165) is 12.1 Å². The summed E-state index contributed by atoms with van der Waals surface area (Å²) in [6.45, 7) is 3.01. The number of hydrogen-bond acceptors (Lipinski definition) is 1. The molecule has 0 unspecified atom stereocenters. The fourth-order valence-corrected chi connectivity index (χ4v) is 2.55. The number of benzene rings is 1. The van der Waals surface area contributed by atoms with Crippen LogP contribution < -0.4 is 5.32 Å². The van der Waals surface area contributed by atoms with Crippen LogP contribution in [0.1, 0.15) is 48.5 Å². The third-order valence-corrected chi connectivity index (χ3v) is 4.01. The summed E-state index contributed by atoms with van der Waals surface area (Å²) in [6, 6.07) is 7.52. The lowest BCUT2D eigenvalue weighted by atomic mass is 10.0. The number of nitrogens with one attached hydrogen (secondary N) is 1. The van der Waals surface area contributed by atoms with Crippen LogP contribution in [0.15, 0.2) is 24.3 Å². The highest BCUT2D eigenvalue weighted by Crippen LogP contribution is 2.48. The number of rotatable bonds is 6. The molecule has 2 rings (SSSR count). The molecule has 1 saturated carbocycles. The number of carbonyl (C=O) groups is 1. The van der Waals surface area contributed by atoms with Gasteiger partial charge in [-0.3, -0.25) is 4.79 Å². The molecule has 0 spiro atoms. The van der Waals surface area contributed by atoms with Crippen LogP contribution in [0.5, 0.6) is 0 Å². The molecule has 1 N–H and O–H groups in total. The van der Waals surface area contributed by atoms with Crippen molar-refractivity contribution >= 4 is 17.5 Å². The predicted octanol–water partition coefficient (Wildman–Crippen LogP) is 3.74. The number of hydrogen-bond donors (Lipinski definition) is 1. The van der Waals surface area contributed by atoms with E-state index in [-0.39, 0.29) is 5.91 Å². The standard InChI is InChI=1S/C15H20ClNO/c1-2-6-15(7-8-15)11-17-14(18)13-5-3-4-12(9-13)10-16/h3-5,9H,2,6-8,10-11H2,1H3,(H,17,18). The lowest BCUT2D eigenvalue weighted by Crippen LogP contribution is -2.30. The third kappa shape index (κ3) is 3.26. The second kappa shape index (κ2) is 5.75. The molecule has 0 aromatic heterocycles. The van der Waals surface area contributed by atoms with Gasteiger partial charge >= 0.3 is 0 Å². The van der Waals surface area contributed by atoms with Crippen LogP contribution in [0.25, 0.3) is 0 Å². The highest BCUT2D eigenvalue weighted by molar-refractivity contribution is 6.17. The largest absolute Gasteiger partial charge is 0.351 e. The molecule has 1 fully saturated rings. The molecule has 0 heterocycles. The van der Waals surface area contributed by atoms with Gasteiger partial charge in [0.1, 0.15) is 0 Å². The smallest absolute Gasteiger partial charge is 0.251 e. The summed E-state index contributed by atoms with van der Waals surface area (Å²) in [6.07, 6.45) is 4.91. The van der Waals surface area contributed by atoms with Gasteiger partial charge in [-0.25, -0.2) is 0 Å². The van der Waals surface area contributed by atoms with Crippen LogP contribution in [-0.2, 0) is 5.88 Å². The Morgan fingerprint density at radius 2 is 2.22 bits per heavy atom. The molecule has 1 amide bonds. The van der Waals surface area contributed by atoms with Crippen LogP contribution in [0, 0.1) is 5.41 Å². The van der Waals surface area contributed by atoms with Gasteiger partial charge in [0.15, 0.2) is 0 Å². The Kier molecular flexibility index (Phi) is 4.28. The maximum absolute atomic E-state index is 12.0. The summed E-state index contributed by atoms with van der Waals surface area (Å²) in [5.74, 6) is 0.463. The molecule has 0 bridgehead atoms. The zero-order valence-electron chi connectivity index (χ0n) is 10.8. The van der Waals surface area contributed by atoms with E-state index in [4.69, 9.17) is 11.6 Å². The minimum absolute atomic E-state index is 0.0179. The zero-order chi connectivity index (χ0) is 13.0. The number of alkyl halides is 1. The minimum atomic E-state index is 0.0179. The van der Waals surface area contributed by atoms with Crippen molar-refractivity contribution in [3.05, 3.63) is 35.4 Å². The van der Waals surface area contributed by atoms with Gasteiger partial charge in [0, 0.05) is 18.0 Å². The molecule has 0 atom stereocenters. The fourth-order valence-electron chi connectivity index (χ4n) is 2.39. The Morgan fingerprint density at radius 3 is 2.83 bits per heavy atom. The van der Waals surface area contributed by atoms with Gasteiger partial charge in [0.25, 0.3) is 5.91 Å². The first-order chi connectivity index (χ1) is 8.69. The van der Waals surface area contributed by atoms with Crippen molar-refractivity contribution in [2.75, 3.05) is 6.54 Å². The highest BCUT2D eigenvalue weighted by Gasteiger charge is 2.41. The van der Waals surface area contributed by atoms with Gasteiger partial charge in [-0.15, -0.1) is 11.6 Å².